The molecule has 0 aliphatic rings. The van der Waals surface area contributed by atoms with Gasteiger partial charge in [-0.15, -0.1) is 0 Å². The van der Waals surface area contributed by atoms with Gasteiger partial charge < -0.3 is 10.1 Å². The van der Waals surface area contributed by atoms with Crippen LogP contribution in [0.4, 0.5) is 10.6 Å². The van der Waals surface area contributed by atoms with E-state index in [1.54, 1.807) is 48.3 Å². The van der Waals surface area contributed by atoms with Crippen molar-refractivity contribution in [3.05, 3.63) is 41.6 Å². The Labute approximate surface area is 128 Å². The first-order chi connectivity index (χ1) is 10.0. The highest BCUT2D eigenvalue weighted by Gasteiger charge is 2.08. The molecule has 0 bridgehead atoms. The van der Waals surface area contributed by atoms with E-state index in [1.165, 1.54) is 0 Å². The van der Waals surface area contributed by atoms with E-state index in [0.29, 0.717) is 23.1 Å². The van der Waals surface area contributed by atoms with Crippen LogP contribution >= 0.6 is 11.6 Å². The van der Waals surface area contributed by atoms with Crippen LogP contribution in [0.1, 0.15) is 6.92 Å². The first-order valence-electron chi connectivity index (χ1n) is 6.49. The molecular formula is C14H17ClN4O2. The Morgan fingerprint density at radius 1 is 1.38 bits per heavy atom. The molecule has 1 aromatic heterocycles. The SMILES string of the molecule is C[C@@H](CNC(=O)Nc1ccn(C)n1)Oc1ccc(Cl)cc1. The maximum Gasteiger partial charge on any atom is 0.320 e. The van der Waals surface area contributed by atoms with E-state index < -0.39 is 0 Å². The maximum absolute atomic E-state index is 11.7. The van der Waals surface area contributed by atoms with Crippen molar-refractivity contribution in [1.82, 2.24) is 15.1 Å². The van der Waals surface area contributed by atoms with Crippen molar-refractivity contribution in [2.45, 2.75) is 13.0 Å². The fourth-order valence-electron chi connectivity index (χ4n) is 1.67. The number of nitrogens with zero attached hydrogens (tertiary/aromatic N) is 2. The Morgan fingerprint density at radius 3 is 2.71 bits per heavy atom. The van der Waals surface area contributed by atoms with Crippen molar-refractivity contribution in [2.24, 2.45) is 7.05 Å². The molecule has 0 aliphatic carbocycles. The molecule has 0 unspecified atom stereocenters. The minimum Gasteiger partial charge on any atom is -0.489 e. The Kier molecular flexibility index (Phi) is 5.05. The number of hydrogen-bond donors (Lipinski definition) is 2. The molecule has 6 nitrogen and oxygen atoms in total. The average molecular weight is 309 g/mol. The molecule has 21 heavy (non-hydrogen) atoms. The molecule has 0 spiro atoms. The monoisotopic (exact) mass is 308 g/mol. The predicted molar refractivity (Wildman–Crippen MR) is 81.8 cm³/mol. The van der Waals surface area contributed by atoms with Crippen molar-refractivity contribution in [2.75, 3.05) is 11.9 Å². The van der Waals surface area contributed by atoms with Gasteiger partial charge in [0, 0.05) is 24.3 Å². The van der Waals surface area contributed by atoms with Crippen LogP contribution < -0.4 is 15.4 Å². The van der Waals surface area contributed by atoms with Gasteiger partial charge in [0.1, 0.15) is 11.9 Å². The van der Waals surface area contributed by atoms with Crippen LogP contribution in [0.25, 0.3) is 0 Å². The van der Waals surface area contributed by atoms with Crippen molar-refractivity contribution in [1.29, 1.82) is 0 Å². The van der Waals surface area contributed by atoms with Crippen molar-refractivity contribution in [3.8, 4) is 5.75 Å². The summed E-state index contributed by atoms with van der Waals surface area (Å²) in [7, 11) is 1.78. The lowest BCUT2D eigenvalue weighted by Crippen LogP contribution is -2.36. The molecule has 1 atom stereocenters. The maximum atomic E-state index is 11.7. The smallest absolute Gasteiger partial charge is 0.320 e. The van der Waals surface area contributed by atoms with Gasteiger partial charge in [0.25, 0.3) is 0 Å². The van der Waals surface area contributed by atoms with Gasteiger partial charge in [-0.05, 0) is 31.2 Å². The molecule has 0 saturated carbocycles. The number of hydrogen-bond acceptors (Lipinski definition) is 3. The van der Waals surface area contributed by atoms with Gasteiger partial charge in [0.15, 0.2) is 5.82 Å². The summed E-state index contributed by atoms with van der Waals surface area (Å²) in [5, 5.41) is 10.1. The third-order valence-electron chi connectivity index (χ3n) is 2.66. The first kappa shape index (κ1) is 15.2. The molecule has 2 rings (SSSR count). The van der Waals surface area contributed by atoms with Gasteiger partial charge in [0.2, 0.25) is 0 Å². The Bertz CT molecular complexity index is 597. The standard InChI is InChI=1S/C14H17ClN4O2/c1-10(21-12-5-3-11(15)4-6-12)9-16-14(20)17-13-7-8-19(2)18-13/h3-8,10H,9H2,1-2H3,(H2,16,17,18,20)/t10-/m0/s1. The lowest BCUT2D eigenvalue weighted by molar-refractivity contribution is 0.212. The summed E-state index contributed by atoms with van der Waals surface area (Å²) in [6.07, 6.45) is 1.59. The molecule has 7 heteroatoms. The molecule has 0 radical (unpaired) electrons. The molecule has 0 aliphatic heterocycles. The van der Waals surface area contributed by atoms with E-state index in [-0.39, 0.29) is 12.1 Å². The number of anilines is 1. The molecule has 2 amide bonds. The van der Waals surface area contributed by atoms with Gasteiger partial charge in [0.05, 0.1) is 6.54 Å². The van der Waals surface area contributed by atoms with E-state index in [0.717, 1.165) is 0 Å². The molecule has 0 saturated heterocycles. The highest BCUT2D eigenvalue weighted by Crippen LogP contribution is 2.16. The number of urea groups is 1. The van der Waals surface area contributed by atoms with Crippen LogP contribution in [0.2, 0.25) is 5.02 Å². The van der Waals surface area contributed by atoms with Gasteiger partial charge in [-0.2, -0.15) is 5.10 Å². The van der Waals surface area contributed by atoms with Crippen molar-refractivity contribution in [3.63, 3.8) is 0 Å². The Hall–Kier alpha value is -2.21. The number of benzene rings is 1. The first-order valence-corrected chi connectivity index (χ1v) is 6.87. The Balaban J connectivity index is 1.74. The lowest BCUT2D eigenvalue weighted by Gasteiger charge is -2.15. The average Bonchev–Trinajstić information content (AvgIpc) is 2.84. The second-order valence-corrected chi connectivity index (χ2v) is 5.03. The zero-order chi connectivity index (χ0) is 15.2. The normalized spacial score (nSPS) is 11.8. The van der Waals surface area contributed by atoms with Gasteiger partial charge in [-0.25, -0.2) is 4.79 Å². The largest absolute Gasteiger partial charge is 0.489 e. The van der Waals surface area contributed by atoms with Gasteiger partial charge in [-0.1, -0.05) is 11.6 Å². The Morgan fingerprint density at radius 2 is 2.10 bits per heavy atom. The van der Waals surface area contributed by atoms with E-state index in [2.05, 4.69) is 15.7 Å². The molecule has 2 N–H and O–H groups in total. The fourth-order valence-corrected chi connectivity index (χ4v) is 1.79. The summed E-state index contributed by atoms with van der Waals surface area (Å²) < 4.78 is 7.27. The molecule has 1 aromatic carbocycles. The number of carbonyl (C=O) groups excluding carboxylic acids is 1. The third kappa shape index (κ3) is 5.00. The second-order valence-electron chi connectivity index (χ2n) is 4.59. The summed E-state index contributed by atoms with van der Waals surface area (Å²) in [6, 6.07) is 8.47. The molecular weight excluding hydrogens is 292 g/mol. The fraction of sp³-hybridized carbons (Fsp3) is 0.286. The second kappa shape index (κ2) is 6.99. The summed E-state index contributed by atoms with van der Waals surface area (Å²) >= 11 is 5.80. The number of aryl methyl sites for hydroxylation is 1. The summed E-state index contributed by atoms with van der Waals surface area (Å²) in [6.45, 7) is 2.25. The third-order valence-corrected chi connectivity index (χ3v) is 2.91. The molecule has 112 valence electrons. The topological polar surface area (TPSA) is 68.2 Å². The predicted octanol–water partition coefficient (Wildman–Crippen LogP) is 2.66. The zero-order valence-corrected chi connectivity index (χ0v) is 12.6. The quantitative estimate of drug-likeness (QED) is 0.892. The van der Waals surface area contributed by atoms with Crippen LogP contribution in [0, 0.1) is 0 Å². The number of nitrogens with one attached hydrogen (secondary N) is 2. The van der Waals surface area contributed by atoms with Crippen LogP contribution in [-0.2, 0) is 7.05 Å². The van der Waals surface area contributed by atoms with Crippen LogP contribution in [0.15, 0.2) is 36.5 Å². The minimum absolute atomic E-state index is 0.166. The number of amides is 2. The number of halogens is 1. The van der Waals surface area contributed by atoms with Gasteiger partial charge in [-0.3, -0.25) is 10.00 Å². The van der Waals surface area contributed by atoms with E-state index in [9.17, 15) is 4.79 Å². The number of carbonyl (C=O) groups is 1. The lowest BCUT2D eigenvalue weighted by atomic mass is 10.3. The summed E-state index contributed by atoms with van der Waals surface area (Å²) in [4.78, 5) is 11.7. The van der Waals surface area contributed by atoms with E-state index >= 15 is 0 Å². The number of rotatable bonds is 5. The zero-order valence-electron chi connectivity index (χ0n) is 11.8. The van der Waals surface area contributed by atoms with Gasteiger partial charge >= 0.3 is 6.03 Å². The summed E-state index contributed by atoms with van der Waals surface area (Å²) in [5.74, 6) is 1.21. The van der Waals surface area contributed by atoms with Crippen molar-refractivity contribution < 1.29 is 9.53 Å². The van der Waals surface area contributed by atoms with E-state index in [4.69, 9.17) is 16.3 Å². The molecule has 0 fully saturated rings. The molecule has 1 heterocycles. The van der Waals surface area contributed by atoms with Crippen molar-refractivity contribution >= 4 is 23.4 Å². The van der Waals surface area contributed by atoms with Crippen LogP contribution in [-0.4, -0.2) is 28.5 Å². The summed E-state index contributed by atoms with van der Waals surface area (Å²) in [5.41, 5.74) is 0. The van der Waals surface area contributed by atoms with Crippen LogP contribution in [0.3, 0.4) is 0 Å². The highest BCUT2D eigenvalue weighted by molar-refractivity contribution is 6.30. The molecule has 2 aromatic rings. The number of aromatic nitrogens is 2. The minimum atomic E-state index is -0.319. The highest BCUT2D eigenvalue weighted by atomic mass is 35.5. The van der Waals surface area contributed by atoms with E-state index in [1.807, 2.05) is 6.92 Å². The van der Waals surface area contributed by atoms with Crippen LogP contribution in [0.5, 0.6) is 5.75 Å². The number of ether oxygens (including phenoxy) is 1.